The molecule has 12 heteroatoms. The Kier molecular flexibility index (Phi) is 5.67. The molecule has 0 saturated carbocycles. The van der Waals surface area contributed by atoms with E-state index in [1.807, 2.05) is 0 Å². The van der Waals surface area contributed by atoms with Gasteiger partial charge in [-0.15, -0.1) is 0 Å². The Labute approximate surface area is 181 Å². The van der Waals surface area contributed by atoms with Crippen LogP contribution in [0.25, 0.3) is 0 Å². The van der Waals surface area contributed by atoms with E-state index in [9.17, 15) is 27.1 Å². The monoisotopic (exact) mass is 464 g/mol. The number of rotatable bonds is 4. The average Bonchev–Trinajstić information content (AvgIpc) is 3.04. The second kappa shape index (κ2) is 8.30. The molecule has 2 aromatic heterocycles. The zero-order valence-electron chi connectivity index (χ0n) is 16.6. The number of pyridine rings is 1. The van der Waals surface area contributed by atoms with Gasteiger partial charge in [-0.05, 0) is 24.3 Å². The fraction of sp³-hybridized carbons (Fsp3) is 0.200. The van der Waals surface area contributed by atoms with Crippen molar-refractivity contribution < 1.29 is 31.8 Å². The lowest BCUT2D eigenvalue weighted by atomic mass is 10.1. The maximum atomic E-state index is 13.5. The fourth-order valence-electron chi connectivity index (χ4n) is 3.32. The molecule has 3 aromatic rings. The minimum atomic E-state index is -4.17. The van der Waals surface area contributed by atoms with Gasteiger partial charge in [-0.3, -0.25) is 9.78 Å². The summed E-state index contributed by atoms with van der Waals surface area (Å²) in [6.45, 7) is -0.292. The van der Waals surface area contributed by atoms with Gasteiger partial charge >= 0.3 is 0 Å². The Morgan fingerprint density at radius 2 is 2.09 bits per heavy atom. The van der Waals surface area contributed by atoms with Crippen LogP contribution in [-0.2, 0) is 17.1 Å². The Bertz CT molecular complexity index is 1280. The van der Waals surface area contributed by atoms with Gasteiger partial charge in [0.25, 0.3) is 5.91 Å². The lowest BCUT2D eigenvalue weighted by Crippen LogP contribution is -2.41. The lowest BCUT2D eigenvalue weighted by molar-refractivity contribution is 0.0990. The molecule has 3 heterocycles. The molecule has 4 rings (SSSR count). The number of aryl methyl sites for hydroxylation is 1. The Morgan fingerprint density at radius 1 is 1.31 bits per heavy atom. The van der Waals surface area contributed by atoms with E-state index in [-0.39, 0.29) is 34.3 Å². The molecule has 0 aliphatic carbocycles. The van der Waals surface area contributed by atoms with Crippen LogP contribution >= 0.6 is 0 Å². The Morgan fingerprint density at radius 3 is 2.78 bits per heavy atom. The van der Waals surface area contributed by atoms with Gasteiger partial charge < -0.3 is 19.7 Å². The molecule has 1 unspecified atom stereocenters. The van der Waals surface area contributed by atoms with E-state index in [2.05, 4.69) is 15.0 Å². The number of carbonyl (C=O) groups is 1. The van der Waals surface area contributed by atoms with Crippen LogP contribution < -0.4 is 14.8 Å². The number of hydrogen-bond donors (Lipinski definition) is 3. The minimum Gasteiger partial charge on any atom is -0.488 e. The molecule has 168 valence electrons. The molecule has 2 atom stereocenters. The summed E-state index contributed by atoms with van der Waals surface area (Å²) < 4.78 is 61.7. The van der Waals surface area contributed by atoms with E-state index < -0.39 is 39.7 Å². The van der Waals surface area contributed by atoms with Crippen molar-refractivity contribution in [1.29, 1.82) is 0 Å². The smallest absolute Gasteiger partial charge is 0.276 e. The van der Waals surface area contributed by atoms with Gasteiger partial charge in [0.2, 0.25) is 10.0 Å². The van der Waals surface area contributed by atoms with Crippen LogP contribution in [0.2, 0.25) is 0 Å². The Hall–Kier alpha value is -3.35. The standard InChI is InChI=1S/C20H18F2N4O5S/c1-26-9-16-19(17(26)20(28)24-11-5-6-12(21)13(22)8-11)31-10-15(25-32(16,29)30)18(27)14-4-2-3-7-23-14/h2-9,15,18,25,27H,10H2,1H3,(H,24,28)/t15-,18?/m1/s1. The van der Waals surface area contributed by atoms with E-state index in [4.69, 9.17) is 4.74 Å². The number of ether oxygens (including phenoxy) is 1. The third kappa shape index (κ3) is 4.07. The number of aromatic nitrogens is 2. The summed E-state index contributed by atoms with van der Waals surface area (Å²) in [5.41, 5.74) is 0.0669. The number of benzene rings is 1. The first-order chi connectivity index (χ1) is 15.2. The first kappa shape index (κ1) is 21.9. The number of hydrogen-bond acceptors (Lipinski definition) is 6. The number of amides is 1. The van der Waals surface area contributed by atoms with Gasteiger partial charge in [-0.25, -0.2) is 21.9 Å². The molecular formula is C20H18F2N4O5S. The van der Waals surface area contributed by atoms with Crippen molar-refractivity contribution in [3.8, 4) is 5.75 Å². The van der Waals surface area contributed by atoms with Crippen molar-refractivity contribution in [1.82, 2.24) is 14.3 Å². The van der Waals surface area contributed by atoms with Crippen molar-refractivity contribution in [2.24, 2.45) is 7.05 Å². The summed E-state index contributed by atoms with van der Waals surface area (Å²) in [6, 6.07) is 6.58. The van der Waals surface area contributed by atoms with Crippen LogP contribution in [0.3, 0.4) is 0 Å². The number of nitrogens with one attached hydrogen (secondary N) is 2. The largest absolute Gasteiger partial charge is 0.488 e. The predicted octanol–water partition coefficient (Wildman–Crippen LogP) is 1.72. The van der Waals surface area contributed by atoms with Gasteiger partial charge in [0.05, 0.1) is 11.7 Å². The summed E-state index contributed by atoms with van der Waals surface area (Å²) in [5, 5.41) is 13.0. The molecule has 1 amide bonds. The zero-order valence-corrected chi connectivity index (χ0v) is 17.4. The number of aliphatic hydroxyl groups is 1. The number of aliphatic hydroxyl groups excluding tert-OH is 1. The van der Waals surface area contributed by atoms with E-state index in [0.717, 1.165) is 18.2 Å². The molecule has 0 bridgehead atoms. The minimum absolute atomic E-state index is 0.0260. The highest BCUT2D eigenvalue weighted by Crippen LogP contribution is 2.34. The fourth-order valence-corrected chi connectivity index (χ4v) is 4.74. The predicted molar refractivity (Wildman–Crippen MR) is 109 cm³/mol. The number of anilines is 1. The van der Waals surface area contributed by atoms with E-state index in [1.165, 1.54) is 30.1 Å². The van der Waals surface area contributed by atoms with Crippen LogP contribution in [0, 0.1) is 11.6 Å². The average molecular weight is 464 g/mol. The molecule has 0 spiro atoms. The quantitative estimate of drug-likeness (QED) is 0.541. The SMILES string of the molecule is Cn1cc2c(c1C(=O)Nc1ccc(F)c(F)c1)OC[C@H](C(O)c1ccccn1)NS2(=O)=O. The molecule has 9 nitrogen and oxygen atoms in total. The van der Waals surface area contributed by atoms with Crippen LogP contribution in [0.5, 0.6) is 5.75 Å². The van der Waals surface area contributed by atoms with Gasteiger partial charge in [-0.2, -0.15) is 0 Å². The summed E-state index contributed by atoms with van der Waals surface area (Å²) in [4.78, 5) is 16.5. The van der Waals surface area contributed by atoms with Crippen molar-refractivity contribution in [3.63, 3.8) is 0 Å². The van der Waals surface area contributed by atoms with Gasteiger partial charge in [0, 0.05) is 31.2 Å². The molecule has 1 aliphatic heterocycles. The first-order valence-electron chi connectivity index (χ1n) is 9.37. The second-order valence-corrected chi connectivity index (χ2v) is 8.79. The van der Waals surface area contributed by atoms with E-state index in [1.54, 1.807) is 12.1 Å². The van der Waals surface area contributed by atoms with Gasteiger partial charge in [0.15, 0.2) is 23.1 Å². The number of nitrogens with zero attached hydrogens (tertiary/aromatic N) is 2. The number of fused-ring (bicyclic) bond motifs is 1. The van der Waals surface area contributed by atoms with E-state index >= 15 is 0 Å². The van der Waals surface area contributed by atoms with Crippen molar-refractivity contribution in [2.75, 3.05) is 11.9 Å². The highest BCUT2D eigenvalue weighted by Gasteiger charge is 2.37. The van der Waals surface area contributed by atoms with Crippen molar-refractivity contribution in [2.45, 2.75) is 17.0 Å². The number of halogens is 2. The van der Waals surface area contributed by atoms with Crippen LogP contribution in [0.4, 0.5) is 14.5 Å². The maximum absolute atomic E-state index is 13.5. The molecule has 0 fully saturated rings. The van der Waals surface area contributed by atoms with Crippen LogP contribution in [0.1, 0.15) is 22.3 Å². The number of carbonyl (C=O) groups excluding carboxylic acids is 1. The third-order valence-electron chi connectivity index (χ3n) is 4.87. The Balaban J connectivity index is 1.64. The van der Waals surface area contributed by atoms with Crippen LogP contribution in [-0.4, -0.2) is 41.6 Å². The van der Waals surface area contributed by atoms with Gasteiger partial charge in [0.1, 0.15) is 17.6 Å². The van der Waals surface area contributed by atoms with Crippen molar-refractivity contribution >= 4 is 21.6 Å². The summed E-state index contributed by atoms with van der Waals surface area (Å²) in [7, 11) is -2.74. The summed E-state index contributed by atoms with van der Waals surface area (Å²) in [6.07, 6.45) is 1.34. The molecule has 3 N–H and O–H groups in total. The molecule has 0 radical (unpaired) electrons. The second-order valence-electron chi connectivity index (χ2n) is 7.10. The molecule has 1 aliphatic rings. The molecular weight excluding hydrogens is 446 g/mol. The van der Waals surface area contributed by atoms with E-state index in [0.29, 0.717) is 0 Å². The molecule has 1 aromatic carbocycles. The van der Waals surface area contributed by atoms with Crippen LogP contribution in [0.15, 0.2) is 53.7 Å². The summed E-state index contributed by atoms with van der Waals surface area (Å²) >= 11 is 0. The summed E-state index contributed by atoms with van der Waals surface area (Å²) in [5.74, 6) is -3.24. The normalized spacial score (nSPS) is 18.2. The lowest BCUT2D eigenvalue weighted by Gasteiger charge is -2.21. The number of sulfonamides is 1. The highest BCUT2D eigenvalue weighted by atomic mass is 32.2. The van der Waals surface area contributed by atoms with Gasteiger partial charge in [-0.1, -0.05) is 6.07 Å². The topological polar surface area (TPSA) is 123 Å². The first-order valence-corrected chi connectivity index (χ1v) is 10.9. The molecule has 32 heavy (non-hydrogen) atoms. The third-order valence-corrected chi connectivity index (χ3v) is 6.35. The highest BCUT2D eigenvalue weighted by molar-refractivity contribution is 7.89. The zero-order chi connectivity index (χ0) is 23.0. The molecule has 0 saturated heterocycles. The maximum Gasteiger partial charge on any atom is 0.276 e. The van der Waals surface area contributed by atoms with Crippen molar-refractivity contribution in [3.05, 3.63) is 71.8 Å².